The molecule has 4 aromatic rings. The summed E-state index contributed by atoms with van der Waals surface area (Å²) in [5, 5.41) is 3.65. The van der Waals surface area contributed by atoms with E-state index in [1.54, 1.807) is 42.5 Å². The van der Waals surface area contributed by atoms with Crippen molar-refractivity contribution in [3.8, 4) is 0 Å². The summed E-state index contributed by atoms with van der Waals surface area (Å²) in [5.41, 5.74) is 3.65. The number of hydrogen-bond acceptors (Lipinski definition) is 4. The molecule has 0 heterocycles. The molecule has 5 rings (SSSR count). The van der Waals surface area contributed by atoms with Crippen LogP contribution in [0.3, 0.4) is 0 Å². The highest BCUT2D eigenvalue weighted by molar-refractivity contribution is 7.92. The first kappa shape index (κ1) is 33.2. The monoisotopic (exact) mass is 657 g/mol. The fourth-order valence-electron chi connectivity index (χ4n) is 6.07. The van der Waals surface area contributed by atoms with Gasteiger partial charge in [-0.1, -0.05) is 97.2 Å². The fraction of sp³-hybridized carbons (Fsp3) is 0.297. The lowest BCUT2D eigenvalue weighted by molar-refractivity contribution is -0.140. The van der Waals surface area contributed by atoms with Gasteiger partial charge in [-0.05, 0) is 79.3 Å². The second kappa shape index (κ2) is 15.0. The van der Waals surface area contributed by atoms with E-state index >= 15 is 0 Å². The summed E-state index contributed by atoms with van der Waals surface area (Å²) >= 11 is 6.60. The molecule has 46 heavy (non-hydrogen) atoms. The van der Waals surface area contributed by atoms with Gasteiger partial charge < -0.3 is 10.2 Å². The molecule has 4 aromatic carbocycles. The third-order valence-corrected chi connectivity index (χ3v) is 10.5. The van der Waals surface area contributed by atoms with E-state index in [2.05, 4.69) is 5.32 Å². The van der Waals surface area contributed by atoms with Crippen LogP contribution in [0.4, 0.5) is 5.69 Å². The van der Waals surface area contributed by atoms with Crippen LogP contribution in [0.1, 0.15) is 47.9 Å². The lowest BCUT2D eigenvalue weighted by atomic mass is 10.0. The smallest absolute Gasteiger partial charge is 0.264 e. The van der Waals surface area contributed by atoms with E-state index in [4.69, 9.17) is 11.6 Å². The molecule has 7 nitrogen and oxygen atoms in total. The number of carbonyl (C=O) groups is 2. The van der Waals surface area contributed by atoms with Crippen molar-refractivity contribution in [2.24, 2.45) is 0 Å². The van der Waals surface area contributed by atoms with E-state index in [9.17, 15) is 18.0 Å². The van der Waals surface area contributed by atoms with Crippen molar-refractivity contribution >= 4 is 39.1 Å². The molecule has 1 N–H and O–H groups in total. The quantitative estimate of drug-likeness (QED) is 0.181. The summed E-state index contributed by atoms with van der Waals surface area (Å²) in [6.07, 6.45) is 4.11. The number of anilines is 1. The van der Waals surface area contributed by atoms with Crippen LogP contribution in [-0.2, 0) is 32.6 Å². The van der Waals surface area contributed by atoms with Gasteiger partial charge in [0.25, 0.3) is 10.0 Å². The molecule has 9 heteroatoms. The zero-order valence-electron chi connectivity index (χ0n) is 26.2. The summed E-state index contributed by atoms with van der Waals surface area (Å²) in [5.74, 6) is -0.777. The topological polar surface area (TPSA) is 86.8 Å². The van der Waals surface area contributed by atoms with Crippen LogP contribution in [0.25, 0.3) is 0 Å². The molecule has 0 bridgehead atoms. The first-order chi connectivity index (χ1) is 22.1. The average molecular weight is 658 g/mol. The maximum Gasteiger partial charge on any atom is 0.264 e. The minimum atomic E-state index is -4.16. The molecule has 1 atom stereocenters. The lowest BCUT2D eigenvalue weighted by Gasteiger charge is -2.34. The number of aryl methyl sites for hydroxylation is 2. The van der Waals surface area contributed by atoms with Crippen LogP contribution in [-0.4, -0.2) is 43.8 Å². The second-order valence-corrected chi connectivity index (χ2v) is 14.2. The standard InChI is InChI=1S/C37H40ClN3O4S/c1-27-21-28(2)23-32(22-27)41(46(44,45)33-18-7-4-8-19-33)26-36(42)40(25-30-15-9-12-20-34(30)38)35(24-29-13-5-3-6-14-29)37(43)39-31-16-10-11-17-31/h3-9,12-15,18-23,31,35H,10-11,16-17,24-26H2,1-2H3,(H,39,43)/t35-/m1/s1. The van der Waals surface area contributed by atoms with Gasteiger partial charge in [-0.2, -0.15) is 0 Å². The van der Waals surface area contributed by atoms with Crippen LogP contribution < -0.4 is 9.62 Å². The van der Waals surface area contributed by atoms with Crippen LogP contribution in [0.2, 0.25) is 5.02 Å². The van der Waals surface area contributed by atoms with E-state index in [1.165, 1.54) is 17.0 Å². The summed E-state index contributed by atoms with van der Waals surface area (Å²) in [7, 11) is -4.16. The van der Waals surface area contributed by atoms with E-state index < -0.39 is 28.5 Å². The number of sulfonamides is 1. The van der Waals surface area contributed by atoms with Gasteiger partial charge in [0.2, 0.25) is 11.8 Å². The summed E-state index contributed by atoms with van der Waals surface area (Å²) in [4.78, 5) is 30.3. The highest BCUT2D eigenvalue weighted by Crippen LogP contribution is 2.28. The van der Waals surface area contributed by atoms with Crippen molar-refractivity contribution in [3.63, 3.8) is 0 Å². The predicted molar refractivity (Wildman–Crippen MR) is 183 cm³/mol. The Morgan fingerprint density at radius 3 is 2.07 bits per heavy atom. The van der Waals surface area contributed by atoms with Gasteiger partial charge in [0.15, 0.2) is 0 Å². The Morgan fingerprint density at radius 2 is 1.43 bits per heavy atom. The first-order valence-corrected chi connectivity index (χ1v) is 17.5. The van der Waals surface area contributed by atoms with Gasteiger partial charge in [-0.3, -0.25) is 13.9 Å². The van der Waals surface area contributed by atoms with Crippen LogP contribution in [0.15, 0.2) is 108 Å². The number of benzene rings is 4. The summed E-state index contributed by atoms with van der Waals surface area (Å²) in [6.45, 7) is 3.30. The molecule has 0 radical (unpaired) electrons. The molecule has 0 aliphatic heterocycles. The molecule has 1 aliphatic carbocycles. The van der Waals surface area contributed by atoms with Gasteiger partial charge in [-0.25, -0.2) is 8.42 Å². The number of halogens is 1. The molecule has 0 saturated heterocycles. The van der Waals surface area contributed by atoms with Gasteiger partial charge in [0, 0.05) is 24.0 Å². The van der Waals surface area contributed by atoms with Gasteiger partial charge in [0.05, 0.1) is 10.6 Å². The van der Waals surface area contributed by atoms with Crippen LogP contribution >= 0.6 is 11.6 Å². The average Bonchev–Trinajstić information content (AvgIpc) is 3.55. The lowest BCUT2D eigenvalue weighted by Crippen LogP contribution is -2.54. The van der Waals surface area contributed by atoms with Crippen molar-refractivity contribution in [3.05, 3.63) is 130 Å². The molecule has 2 amide bonds. The maximum absolute atomic E-state index is 14.7. The molecular formula is C37H40ClN3O4S. The Labute approximate surface area is 277 Å². The summed E-state index contributed by atoms with van der Waals surface area (Å²) in [6, 6.07) is 29.4. The minimum Gasteiger partial charge on any atom is -0.352 e. The number of nitrogens with zero attached hydrogens (tertiary/aromatic N) is 2. The highest BCUT2D eigenvalue weighted by Gasteiger charge is 2.36. The Balaban J connectivity index is 1.59. The van der Waals surface area contributed by atoms with E-state index in [1.807, 2.05) is 62.4 Å². The van der Waals surface area contributed by atoms with Gasteiger partial charge in [-0.15, -0.1) is 0 Å². The van der Waals surface area contributed by atoms with E-state index in [0.29, 0.717) is 16.3 Å². The normalized spacial score (nSPS) is 14.1. The molecule has 0 aromatic heterocycles. The SMILES string of the molecule is Cc1cc(C)cc(N(CC(=O)N(Cc2ccccc2Cl)[C@H](Cc2ccccc2)C(=O)NC2CCCC2)S(=O)(=O)c2ccccc2)c1. The van der Waals surface area contributed by atoms with Gasteiger partial charge in [0.1, 0.15) is 12.6 Å². The predicted octanol–water partition coefficient (Wildman–Crippen LogP) is 6.85. The van der Waals surface area contributed by atoms with Crippen molar-refractivity contribution < 1.29 is 18.0 Å². The molecule has 0 spiro atoms. The molecule has 1 saturated carbocycles. The largest absolute Gasteiger partial charge is 0.352 e. The number of amides is 2. The van der Waals surface area contributed by atoms with E-state index in [0.717, 1.165) is 46.7 Å². The first-order valence-electron chi connectivity index (χ1n) is 15.6. The molecule has 1 aliphatic rings. The number of rotatable bonds is 12. The molecule has 1 fully saturated rings. The maximum atomic E-state index is 14.7. The molecule has 240 valence electrons. The summed E-state index contributed by atoms with van der Waals surface area (Å²) < 4.78 is 29.6. The zero-order valence-corrected chi connectivity index (χ0v) is 27.8. The Kier molecular flexibility index (Phi) is 10.8. The Morgan fingerprint density at radius 1 is 0.848 bits per heavy atom. The Bertz CT molecular complexity index is 1740. The zero-order chi connectivity index (χ0) is 32.7. The number of nitrogens with one attached hydrogen (secondary N) is 1. The molecule has 0 unspecified atom stereocenters. The Hall–Kier alpha value is -4.14. The van der Waals surface area contributed by atoms with Crippen LogP contribution in [0, 0.1) is 13.8 Å². The third kappa shape index (κ3) is 8.17. The van der Waals surface area contributed by atoms with Crippen LogP contribution in [0.5, 0.6) is 0 Å². The number of hydrogen-bond donors (Lipinski definition) is 1. The van der Waals surface area contributed by atoms with E-state index in [-0.39, 0.29) is 29.8 Å². The van der Waals surface area contributed by atoms with Crippen molar-refractivity contribution in [2.45, 2.75) is 69.5 Å². The third-order valence-electron chi connectivity index (χ3n) is 8.38. The minimum absolute atomic E-state index is 0.0279. The van der Waals surface area contributed by atoms with Crippen molar-refractivity contribution in [1.29, 1.82) is 0 Å². The fourth-order valence-corrected chi connectivity index (χ4v) is 7.69. The highest BCUT2D eigenvalue weighted by atomic mass is 35.5. The van der Waals surface area contributed by atoms with Gasteiger partial charge >= 0.3 is 0 Å². The van der Waals surface area contributed by atoms with Crippen molar-refractivity contribution in [1.82, 2.24) is 10.2 Å². The second-order valence-electron chi connectivity index (χ2n) is 12.0. The van der Waals surface area contributed by atoms with Crippen molar-refractivity contribution in [2.75, 3.05) is 10.8 Å². The number of carbonyl (C=O) groups excluding carboxylic acids is 2. The molecular weight excluding hydrogens is 618 g/mol.